The van der Waals surface area contributed by atoms with Crippen molar-refractivity contribution in [1.82, 2.24) is 4.98 Å². The molecule has 0 atom stereocenters. The van der Waals surface area contributed by atoms with E-state index < -0.39 is 7.12 Å². The highest BCUT2D eigenvalue weighted by atomic mass is 16.7. The molecule has 0 aliphatic carbocycles. The van der Waals surface area contributed by atoms with Crippen LogP contribution in [0.4, 0.5) is 0 Å². The van der Waals surface area contributed by atoms with Crippen LogP contribution in [0.2, 0.25) is 0 Å². The van der Waals surface area contributed by atoms with Gasteiger partial charge in [-0.05, 0) is 46.1 Å². The van der Waals surface area contributed by atoms with Crippen molar-refractivity contribution >= 4 is 12.6 Å². The number of aromatic amines is 1. The van der Waals surface area contributed by atoms with Crippen LogP contribution in [0.25, 0.3) is 0 Å². The summed E-state index contributed by atoms with van der Waals surface area (Å²) in [7, 11) is -0.460. The minimum atomic E-state index is -0.460. The Kier molecular flexibility index (Phi) is 3.60. The molecule has 0 radical (unpaired) electrons. The molecule has 1 aromatic rings. The van der Waals surface area contributed by atoms with Gasteiger partial charge in [-0.25, -0.2) is 0 Å². The molecule has 0 unspecified atom stereocenters. The van der Waals surface area contributed by atoms with Gasteiger partial charge in [-0.2, -0.15) is 0 Å². The van der Waals surface area contributed by atoms with Crippen LogP contribution in [-0.2, 0) is 15.7 Å². The molecule has 0 spiro atoms. The molecule has 1 aliphatic rings. The Morgan fingerprint density at radius 2 is 1.84 bits per heavy atom. The Hall–Kier alpha value is -1.11. The van der Waals surface area contributed by atoms with E-state index in [1.165, 1.54) is 0 Å². The molecule has 19 heavy (non-hydrogen) atoms. The number of H-pyrrole nitrogens is 1. The van der Waals surface area contributed by atoms with E-state index in [1.54, 1.807) is 6.20 Å². The zero-order valence-corrected chi connectivity index (χ0v) is 11.9. The molecule has 0 amide bonds. The highest BCUT2D eigenvalue weighted by Crippen LogP contribution is 2.36. The lowest BCUT2D eigenvalue weighted by Gasteiger charge is -2.32. The Bertz CT molecular complexity index is 509. The van der Waals surface area contributed by atoms with Gasteiger partial charge < -0.3 is 20.0 Å². The first-order chi connectivity index (χ1) is 8.77. The Morgan fingerprint density at radius 3 is 2.37 bits per heavy atom. The molecule has 2 heterocycles. The monoisotopic (exact) mass is 264 g/mol. The lowest BCUT2D eigenvalue weighted by atomic mass is 9.79. The Morgan fingerprint density at radius 1 is 1.26 bits per heavy atom. The molecule has 0 saturated carbocycles. The van der Waals surface area contributed by atoms with E-state index in [0.717, 1.165) is 5.46 Å². The van der Waals surface area contributed by atoms with E-state index in [0.29, 0.717) is 18.5 Å². The number of pyridine rings is 1. The number of nitrogens with two attached hydrogens (primary N) is 1. The van der Waals surface area contributed by atoms with Crippen molar-refractivity contribution in [2.45, 2.75) is 45.3 Å². The molecular weight excluding hydrogens is 243 g/mol. The predicted molar refractivity (Wildman–Crippen MR) is 75.5 cm³/mol. The minimum absolute atomic E-state index is 0.106. The number of aromatic nitrogens is 1. The third-order valence-electron chi connectivity index (χ3n) is 3.94. The lowest BCUT2D eigenvalue weighted by molar-refractivity contribution is 0.00578. The van der Waals surface area contributed by atoms with Crippen LogP contribution in [0.3, 0.4) is 0 Å². The van der Waals surface area contributed by atoms with Gasteiger partial charge in [0.05, 0.1) is 11.2 Å². The maximum absolute atomic E-state index is 11.6. The Labute approximate surface area is 113 Å². The summed E-state index contributed by atoms with van der Waals surface area (Å²) < 4.78 is 11.9. The fourth-order valence-electron chi connectivity index (χ4n) is 2.01. The lowest BCUT2D eigenvalue weighted by Crippen LogP contribution is -2.41. The van der Waals surface area contributed by atoms with E-state index in [4.69, 9.17) is 15.0 Å². The summed E-state index contributed by atoms with van der Waals surface area (Å²) in [5.41, 5.74) is 6.11. The van der Waals surface area contributed by atoms with Gasteiger partial charge in [0, 0.05) is 11.8 Å². The third-order valence-corrected chi connectivity index (χ3v) is 3.94. The van der Waals surface area contributed by atoms with Crippen molar-refractivity contribution in [2.75, 3.05) is 6.54 Å². The van der Waals surface area contributed by atoms with Gasteiger partial charge in [0.1, 0.15) is 0 Å². The first-order valence-electron chi connectivity index (χ1n) is 6.54. The van der Waals surface area contributed by atoms with Crippen molar-refractivity contribution in [2.24, 2.45) is 5.73 Å². The summed E-state index contributed by atoms with van der Waals surface area (Å²) in [6, 6.07) is 1.81. The van der Waals surface area contributed by atoms with Gasteiger partial charge in [-0.3, -0.25) is 4.79 Å². The molecule has 1 aromatic heterocycles. The molecule has 5 nitrogen and oxygen atoms in total. The number of hydrogen-bond acceptors (Lipinski definition) is 4. The average molecular weight is 264 g/mol. The van der Waals surface area contributed by atoms with Crippen molar-refractivity contribution in [1.29, 1.82) is 0 Å². The molecule has 3 N–H and O–H groups in total. The highest BCUT2D eigenvalue weighted by molar-refractivity contribution is 6.62. The second kappa shape index (κ2) is 4.78. The second-order valence-corrected chi connectivity index (χ2v) is 5.91. The van der Waals surface area contributed by atoms with Crippen LogP contribution in [0.1, 0.15) is 33.3 Å². The number of rotatable bonds is 3. The molecule has 104 valence electrons. The van der Waals surface area contributed by atoms with Crippen molar-refractivity contribution in [3.05, 3.63) is 28.2 Å². The van der Waals surface area contributed by atoms with Crippen LogP contribution in [-0.4, -0.2) is 29.8 Å². The Balaban J connectivity index is 2.30. The molecule has 1 aliphatic heterocycles. The second-order valence-electron chi connectivity index (χ2n) is 5.91. The third kappa shape index (κ3) is 2.61. The fourth-order valence-corrected chi connectivity index (χ4v) is 2.01. The van der Waals surface area contributed by atoms with Crippen molar-refractivity contribution < 1.29 is 9.31 Å². The van der Waals surface area contributed by atoms with E-state index in [2.05, 4.69) is 4.98 Å². The number of hydrogen-bond donors (Lipinski definition) is 2. The summed E-state index contributed by atoms with van der Waals surface area (Å²) in [6.45, 7) is 8.44. The summed E-state index contributed by atoms with van der Waals surface area (Å²) in [5, 5.41) is 0. The molecular formula is C13H21BN2O3. The highest BCUT2D eigenvalue weighted by Gasteiger charge is 2.51. The molecule has 1 fully saturated rings. The molecule has 2 rings (SSSR count). The van der Waals surface area contributed by atoms with E-state index >= 15 is 0 Å². The molecule has 6 heteroatoms. The largest absolute Gasteiger partial charge is 0.496 e. The van der Waals surface area contributed by atoms with Crippen LogP contribution in [0.15, 0.2) is 17.1 Å². The molecule has 1 saturated heterocycles. The van der Waals surface area contributed by atoms with E-state index in [1.807, 2.05) is 33.8 Å². The predicted octanol–water partition coefficient (Wildman–Crippen LogP) is 0.175. The van der Waals surface area contributed by atoms with Crippen molar-refractivity contribution in [3.63, 3.8) is 0 Å². The topological polar surface area (TPSA) is 77.3 Å². The van der Waals surface area contributed by atoms with Gasteiger partial charge in [-0.15, -0.1) is 0 Å². The van der Waals surface area contributed by atoms with Gasteiger partial charge in [-0.1, -0.05) is 6.07 Å². The first-order valence-corrected chi connectivity index (χ1v) is 6.54. The van der Waals surface area contributed by atoms with Gasteiger partial charge in [0.2, 0.25) is 0 Å². The van der Waals surface area contributed by atoms with Crippen LogP contribution in [0, 0.1) is 0 Å². The summed E-state index contributed by atoms with van der Waals surface area (Å²) in [4.78, 5) is 14.4. The summed E-state index contributed by atoms with van der Waals surface area (Å²) >= 11 is 0. The van der Waals surface area contributed by atoms with Gasteiger partial charge in [0.25, 0.3) is 5.56 Å². The van der Waals surface area contributed by atoms with Gasteiger partial charge in [0.15, 0.2) is 0 Å². The van der Waals surface area contributed by atoms with E-state index in [-0.39, 0.29) is 16.8 Å². The standard InChI is InChI=1S/C13H21BN2O3/c1-12(2)13(3,4)19-14(18-12)10-7-9(5-6-15)11(17)16-8-10/h7-8H,5-6,15H2,1-4H3,(H,16,17). The normalized spacial score (nSPS) is 20.8. The SMILES string of the molecule is CC1(C)OB(c2c[nH]c(=O)c(CCN)c2)OC1(C)C. The zero-order chi connectivity index (χ0) is 14.3. The van der Waals surface area contributed by atoms with Crippen LogP contribution in [0.5, 0.6) is 0 Å². The molecule has 0 aromatic carbocycles. The average Bonchev–Trinajstić information content (AvgIpc) is 2.51. The van der Waals surface area contributed by atoms with Gasteiger partial charge >= 0.3 is 7.12 Å². The summed E-state index contributed by atoms with van der Waals surface area (Å²) in [6.07, 6.45) is 2.19. The fraction of sp³-hybridized carbons (Fsp3) is 0.615. The smallest absolute Gasteiger partial charge is 0.399 e. The molecule has 0 bridgehead atoms. The number of nitrogens with one attached hydrogen (secondary N) is 1. The van der Waals surface area contributed by atoms with Crippen LogP contribution < -0.4 is 16.8 Å². The zero-order valence-electron chi connectivity index (χ0n) is 11.9. The summed E-state index contributed by atoms with van der Waals surface area (Å²) in [5.74, 6) is 0. The van der Waals surface area contributed by atoms with E-state index in [9.17, 15) is 4.79 Å². The maximum atomic E-state index is 11.6. The maximum Gasteiger partial charge on any atom is 0.496 e. The first kappa shape index (κ1) is 14.3. The quantitative estimate of drug-likeness (QED) is 0.763. The van der Waals surface area contributed by atoms with Crippen molar-refractivity contribution in [3.8, 4) is 0 Å². The van der Waals surface area contributed by atoms with Crippen LogP contribution >= 0.6 is 0 Å². The minimum Gasteiger partial charge on any atom is -0.399 e.